The SMILES string of the molecule is COc1ccc(C(=O)N2CCCC2)c(OC2CCN(CCn3cnnc3)CC2)c1. The van der Waals surface area contributed by atoms with E-state index in [9.17, 15) is 4.79 Å². The Balaban J connectivity index is 1.36. The van der Waals surface area contributed by atoms with E-state index in [1.165, 1.54) is 0 Å². The predicted octanol–water partition coefficient (Wildman–Crippen LogP) is 2.07. The molecule has 8 heteroatoms. The first-order valence-electron chi connectivity index (χ1n) is 10.4. The fourth-order valence-electron chi connectivity index (χ4n) is 4.02. The van der Waals surface area contributed by atoms with Crippen LogP contribution in [0.2, 0.25) is 0 Å². The van der Waals surface area contributed by atoms with Gasteiger partial charge in [0.2, 0.25) is 0 Å². The van der Waals surface area contributed by atoms with Crippen LogP contribution in [-0.2, 0) is 6.54 Å². The number of hydrogen-bond donors (Lipinski definition) is 0. The Kier molecular flexibility index (Phi) is 6.29. The van der Waals surface area contributed by atoms with E-state index in [0.29, 0.717) is 17.1 Å². The molecular weight excluding hydrogens is 370 g/mol. The Morgan fingerprint density at radius 3 is 2.48 bits per heavy atom. The van der Waals surface area contributed by atoms with E-state index < -0.39 is 0 Å². The number of nitrogens with zero attached hydrogens (tertiary/aromatic N) is 5. The van der Waals surface area contributed by atoms with Crippen molar-refractivity contribution in [1.82, 2.24) is 24.6 Å². The van der Waals surface area contributed by atoms with Crippen LogP contribution in [0.25, 0.3) is 0 Å². The molecule has 1 aromatic carbocycles. The van der Waals surface area contributed by atoms with Gasteiger partial charge in [0.15, 0.2) is 0 Å². The van der Waals surface area contributed by atoms with Crippen molar-refractivity contribution in [3.05, 3.63) is 36.4 Å². The summed E-state index contributed by atoms with van der Waals surface area (Å²) in [7, 11) is 1.63. The molecule has 8 nitrogen and oxygen atoms in total. The van der Waals surface area contributed by atoms with E-state index in [1.54, 1.807) is 19.8 Å². The highest BCUT2D eigenvalue weighted by atomic mass is 16.5. The first-order chi connectivity index (χ1) is 14.2. The van der Waals surface area contributed by atoms with Crippen LogP contribution in [0.1, 0.15) is 36.0 Å². The van der Waals surface area contributed by atoms with Crippen LogP contribution < -0.4 is 9.47 Å². The summed E-state index contributed by atoms with van der Waals surface area (Å²) in [5.41, 5.74) is 0.641. The minimum absolute atomic E-state index is 0.0616. The first kappa shape index (κ1) is 19.7. The molecule has 0 N–H and O–H groups in total. The molecule has 2 aliphatic rings. The lowest BCUT2D eigenvalue weighted by Gasteiger charge is -2.32. The van der Waals surface area contributed by atoms with Crippen molar-refractivity contribution < 1.29 is 14.3 Å². The van der Waals surface area contributed by atoms with E-state index in [2.05, 4.69) is 15.1 Å². The third-order valence-electron chi connectivity index (χ3n) is 5.78. The van der Waals surface area contributed by atoms with Gasteiger partial charge in [-0.15, -0.1) is 10.2 Å². The summed E-state index contributed by atoms with van der Waals surface area (Å²) in [5, 5.41) is 7.69. The fraction of sp³-hybridized carbons (Fsp3) is 0.571. The maximum absolute atomic E-state index is 12.9. The number of hydrogen-bond acceptors (Lipinski definition) is 6. The number of methoxy groups -OCH3 is 1. The zero-order valence-corrected chi connectivity index (χ0v) is 17.0. The molecule has 0 bridgehead atoms. The minimum atomic E-state index is 0.0616. The van der Waals surface area contributed by atoms with Crippen molar-refractivity contribution >= 4 is 5.91 Å². The molecule has 1 aromatic heterocycles. The van der Waals surface area contributed by atoms with Gasteiger partial charge in [-0.25, -0.2) is 0 Å². The molecule has 1 amide bonds. The van der Waals surface area contributed by atoms with Crippen molar-refractivity contribution in [3.8, 4) is 11.5 Å². The van der Waals surface area contributed by atoms with E-state index in [1.807, 2.05) is 27.7 Å². The molecule has 0 atom stereocenters. The lowest BCUT2D eigenvalue weighted by atomic mass is 10.1. The van der Waals surface area contributed by atoms with E-state index >= 15 is 0 Å². The predicted molar refractivity (Wildman–Crippen MR) is 108 cm³/mol. The molecule has 2 aliphatic heterocycles. The number of amides is 1. The van der Waals surface area contributed by atoms with Gasteiger partial charge in [-0.05, 0) is 37.8 Å². The highest BCUT2D eigenvalue weighted by molar-refractivity contribution is 5.97. The monoisotopic (exact) mass is 399 g/mol. The molecule has 0 radical (unpaired) electrons. The van der Waals surface area contributed by atoms with Crippen molar-refractivity contribution in [3.63, 3.8) is 0 Å². The second-order valence-corrected chi connectivity index (χ2v) is 7.72. The number of carbonyl (C=O) groups excluding carboxylic acids is 1. The lowest BCUT2D eigenvalue weighted by molar-refractivity contribution is 0.0766. The van der Waals surface area contributed by atoms with Gasteiger partial charge in [-0.1, -0.05) is 0 Å². The second-order valence-electron chi connectivity index (χ2n) is 7.72. The molecular formula is C21H29N5O3. The summed E-state index contributed by atoms with van der Waals surface area (Å²) >= 11 is 0. The normalized spacial score (nSPS) is 18.2. The topological polar surface area (TPSA) is 72.7 Å². The van der Waals surface area contributed by atoms with E-state index in [0.717, 1.165) is 65.0 Å². The zero-order valence-electron chi connectivity index (χ0n) is 17.0. The molecule has 4 rings (SSSR count). The summed E-state index contributed by atoms with van der Waals surface area (Å²) in [6, 6.07) is 5.52. The van der Waals surface area contributed by atoms with Gasteiger partial charge in [0, 0.05) is 45.3 Å². The van der Waals surface area contributed by atoms with Gasteiger partial charge >= 0.3 is 0 Å². The molecule has 0 unspecified atom stereocenters. The highest BCUT2D eigenvalue weighted by Crippen LogP contribution is 2.29. The molecule has 0 saturated carbocycles. The average molecular weight is 399 g/mol. The average Bonchev–Trinajstić information content (AvgIpc) is 3.47. The molecule has 2 saturated heterocycles. The number of piperidine rings is 1. The number of benzene rings is 1. The van der Waals surface area contributed by atoms with Crippen LogP contribution in [0.4, 0.5) is 0 Å². The fourth-order valence-corrected chi connectivity index (χ4v) is 4.02. The Bertz CT molecular complexity index is 797. The van der Waals surface area contributed by atoms with Crippen LogP contribution >= 0.6 is 0 Å². The number of rotatable bonds is 7. The highest BCUT2D eigenvalue weighted by Gasteiger charge is 2.26. The quantitative estimate of drug-likeness (QED) is 0.710. The maximum atomic E-state index is 12.9. The van der Waals surface area contributed by atoms with Crippen LogP contribution in [-0.4, -0.2) is 76.4 Å². The van der Waals surface area contributed by atoms with Gasteiger partial charge in [0.05, 0.1) is 12.7 Å². The Hall–Kier alpha value is -2.61. The smallest absolute Gasteiger partial charge is 0.257 e. The van der Waals surface area contributed by atoms with Crippen LogP contribution in [0, 0.1) is 0 Å². The number of likely N-dealkylation sites (tertiary alicyclic amines) is 2. The van der Waals surface area contributed by atoms with Crippen LogP contribution in [0.3, 0.4) is 0 Å². The number of carbonyl (C=O) groups is 1. The second kappa shape index (κ2) is 9.26. The molecule has 156 valence electrons. The van der Waals surface area contributed by atoms with Gasteiger partial charge in [-0.2, -0.15) is 0 Å². The van der Waals surface area contributed by atoms with E-state index in [4.69, 9.17) is 9.47 Å². The third-order valence-corrected chi connectivity index (χ3v) is 5.78. The first-order valence-corrected chi connectivity index (χ1v) is 10.4. The number of aromatic nitrogens is 3. The minimum Gasteiger partial charge on any atom is -0.497 e. The van der Waals surface area contributed by atoms with Crippen LogP contribution in [0.5, 0.6) is 11.5 Å². The van der Waals surface area contributed by atoms with Crippen molar-refractivity contribution in [2.45, 2.75) is 38.3 Å². The summed E-state index contributed by atoms with van der Waals surface area (Å²) in [5.74, 6) is 1.42. The Morgan fingerprint density at radius 2 is 1.79 bits per heavy atom. The summed E-state index contributed by atoms with van der Waals surface area (Å²) in [4.78, 5) is 17.3. The summed E-state index contributed by atoms with van der Waals surface area (Å²) in [6.07, 6.45) is 7.64. The molecule has 2 aromatic rings. The Morgan fingerprint density at radius 1 is 1.07 bits per heavy atom. The van der Waals surface area contributed by atoms with Crippen LogP contribution in [0.15, 0.2) is 30.9 Å². The molecule has 2 fully saturated rings. The van der Waals surface area contributed by atoms with E-state index in [-0.39, 0.29) is 12.0 Å². The van der Waals surface area contributed by atoms with Gasteiger partial charge in [-0.3, -0.25) is 4.79 Å². The largest absolute Gasteiger partial charge is 0.497 e. The van der Waals surface area contributed by atoms with Gasteiger partial charge in [0.25, 0.3) is 5.91 Å². The zero-order chi connectivity index (χ0) is 20.1. The molecule has 0 spiro atoms. The van der Waals surface area contributed by atoms with Gasteiger partial charge in [0.1, 0.15) is 30.3 Å². The maximum Gasteiger partial charge on any atom is 0.257 e. The third kappa shape index (κ3) is 4.87. The summed E-state index contributed by atoms with van der Waals surface area (Å²) < 4.78 is 13.7. The lowest BCUT2D eigenvalue weighted by Crippen LogP contribution is -2.40. The van der Waals surface area contributed by atoms with Gasteiger partial charge < -0.3 is 23.8 Å². The molecule has 0 aliphatic carbocycles. The van der Waals surface area contributed by atoms with Crippen molar-refractivity contribution in [2.24, 2.45) is 0 Å². The molecule has 29 heavy (non-hydrogen) atoms. The Labute approximate surface area is 171 Å². The standard InChI is InChI=1S/C21H29N5O3/c1-28-18-4-5-19(21(27)26-8-2-3-9-26)20(14-18)29-17-6-10-24(11-7-17)12-13-25-15-22-23-16-25/h4-5,14-17H,2-3,6-13H2,1H3. The molecule has 3 heterocycles. The van der Waals surface area contributed by atoms with Crippen molar-refractivity contribution in [2.75, 3.05) is 39.8 Å². The summed E-state index contributed by atoms with van der Waals surface area (Å²) in [6.45, 7) is 5.48. The number of ether oxygens (including phenoxy) is 2. The van der Waals surface area contributed by atoms with Crippen molar-refractivity contribution in [1.29, 1.82) is 0 Å².